The number of carbonyl (C=O) groups is 1. The number of rotatable bonds is 4. The summed E-state index contributed by atoms with van der Waals surface area (Å²) < 4.78 is 13.4. The summed E-state index contributed by atoms with van der Waals surface area (Å²) in [6.07, 6.45) is 0. The zero-order chi connectivity index (χ0) is 15.5. The second-order valence-electron chi connectivity index (χ2n) is 5.06. The van der Waals surface area contributed by atoms with E-state index in [1.807, 2.05) is 10.8 Å². The molecule has 2 aromatic rings. The highest BCUT2D eigenvalue weighted by molar-refractivity contribution is 7.08. The van der Waals surface area contributed by atoms with E-state index in [4.69, 9.17) is 0 Å². The van der Waals surface area contributed by atoms with E-state index in [-0.39, 0.29) is 12.4 Å². The van der Waals surface area contributed by atoms with Crippen molar-refractivity contribution in [1.29, 1.82) is 0 Å². The van der Waals surface area contributed by atoms with Crippen molar-refractivity contribution in [2.75, 3.05) is 11.9 Å². The first-order chi connectivity index (χ1) is 9.88. The van der Waals surface area contributed by atoms with Crippen LogP contribution >= 0.6 is 11.3 Å². The quantitative estimate of drug-likeness (QED) is 0.812. The first-order valence-electron chi connectivity index (χ1n) is 6.44. The minimum atomic E-state index is -1.14. The third kappa shape index (κ3) is 4.03. The molecule has 0 aliphatic heterocycles. The van der Waals surface area contributed by atoms with Crippen LogP contribution in [0.25, 0.3) is 0 Å². The molecule has 0 saturated heterocycles. The Kier molecular flexibility index (Phi) is 4.59. The molecule has 1 atom stereocenters. The van der Waals surface area contributed by atoms with Crippen LogP contribution in [0.5, 0.6) is 0 Å². The summed E-state index contributed by atoms with van der Waals surface area (Å²) in [5.74, 6) is -0.377. The molecular weight excluding hydrogens is 291 g/mol. The second-order valence-corrected chi connectivity index (χ2v) is 5.84. The molecule has 0 radical (unpaired) electrons. The number of aryl methyl sites for hydroxylation is 1. The lowest BCUT2D eigenvalue weighted by molar-refractivity contribution is 0.0604. The fourth-order valence-electron chi connectivity index (χ4n) is 1.77. The number of hydrogen-bond donors (Lipinski definition) is 3. The Balaban J connectivity index is 1.91. The van der Waals surface area contributed by atoms with Crippen molar-refractivity contribution in [3.63, 3.8) is 0 Å². The lowest BCUT2D eigenvalue weighted by Crippen LogP contribution is -2.40. The van der Waals surface area contributed by atoms with Crippen LogP contribution in [0, 0.1) is 12.7 Å². The van der Waals surface area contributed by atoms with E-state index >= 15 is 0 Å². The minimum absolute atomic E-state index is 0.0594. The molecule has 2 amide bonds. The largest absolute Gasteiger partial charge is 0.384 e. The number of nitrogens with one attached hydrogen (secondary N) is 2. The van der Waals surface area contributed by atoms with Crippen LogP contribution in [0.3, 0.4) is 0 Å². The summed E-state index contributed by atoms with van der Waals surface area (Å²) in [6, 6.07) is 5.78. The van der Waals surface area contributed by atoms with E-state index in [1.54, 1.807) is 32.0 Å². The molecule has 0 bridgehead atoms. The SMILES string of the molecule is Cc1ccc(NC(=O)NCC(C)(O)c2ccsc2)cc1F. The summed E-state index contributed by atoms with van der Waals surface area (Å²) in [6.45, 7) is 3.34. The van der Waals surface area contributed by atoms with E-state index in [2.05, 4.69) is 10.6 Å². The molecule has 1 heterocycles. The van der Waals surface area contributed by atoms with Gasteiger partial charge in [-0.2, -0.15) is 11.3 Å². The summed E-state index contributed by atoms with van der Waals surface area (Å²) in [5.41, 5.74) is 0.483. The third-order valence-corrected chi connectivity index (χ3v) is 3.85. The van der Waals surface area contributed by atoms with Crippen molar-refractivity contribution in [2.24, 2.45) is 0 Å². The maximum atomic E-state index is 13.4. The van der Waals surface area contributed by atoms with Gasteiger partial charge in [-0.3, -0.25) is 0 Å². The van der Waals surface area contributed by atoms with E-state index in [0.29, 0.717) is 11.3 Å². The van der Waals surface area contributed by atoms with Crippen LogP contribution in [0.1, 0.15) is 18.1 Å². The number of benzene rings is 1. The van der Waals surface area contributed by atoms with Crippen LogP contribution in [0.15, 0.2) is 35.0 Å². The number of carbonyl (C=O) groups excluding carboxylic acids is 1. The molecule has 21 heavy (non-hydrogen) atoms. The normalized spacial score (nSPS) is 13.5. The van der Waals surface area contributed by atoms with Crippen molar-refractivity contribution >= 4 is 23.1 Å². The average Bonchev–Trinajstić information content (AvgIpc) is 2.96. The van der Waals surface area contributed by atoms with Gasteiger partial charge in [-0.1, -0.05) is 6.07 Å². The smallest absolute Gasteiger partial charge is 0.319 e. The van der Waals surface area contributed by atoms with Gasteiger partial charge >= 0.3 is 6.03 Å². The van der Waals surface area contributed by atoms with Gasteiger partial charge in [-0.15, -0.1) is 0 Å². The maximum Gasteiger partial charge on any atom is 0.319 e. The molecule has 3 N–H and O–H groups in total. The monoisotopic (exact) mass is 308 g/mol. The number of aliphatic hydroxyl groups is 1. The predicted octanol–water partition coefficient (Wildman–Crippen LogP) is 3.22. The predicted molar refractivity (Wildman–Crippen MR) is 82.0 cm³/mol. The molecule has 0 aliphatic carbocycles. The standard InChI is InChI=1S/C15H17FN2O2S/c1-10-3-4-12(7-13(10)16)18-14(19)17-9-15(2,20)11-5-6-21-8-11/h3-8,20H,9H2,1-2H3,(H2,17,18,19). The van der Waals surface area contributed by atoms with Gasteiger partial charge < -0.3 is 15.7 Å². The molecular formula is C15H17FN2O2S. The van der Waals surface area contributed by atoms with E-state index < -0.39 is 11.6 Å². The third-order valence-electron chi connectivity index (χ3n) is 3.17. The molecule has 0 aliphatic rings. The molecule has 0 fully saturated rings. The van der Waals surface area contributed by atoms with Crippen LogP contribution in [-0.2, 0) is 5.60 Å². The minimum Gasteiger partial charge on any atom is -0.384 e. The number of amides is 2. The lowest BCUT2D eigenvalue weighted by Gasteiger charge is -2.22. The molecule has 6 heteroatoms. The molecule has 4 nitrogen and oxygen atoms in total. The Labute approximate surface area is 126 Å². The van der Waals surface area contributed by atoms with Crippen LogP contribution in [-0.4, -0.2) is 17.7 Å². The maximum absolute atomic E-state index is 13.4. The van der Waals surface area contributed by atoms with Crippen molar-refractivity contribution in [2.45, 2.75) is 19.4 Å². The Morgan fingerprint density at radius 3 is 2.81 bits per heavy atom. The van der Waals surface area contributed by atoms with Crippen LogP contribution < -0.4 is 10.6 Å². The van der Waals surface area contributed by atoms with Crippen molar-refractivity contribution in [3.8, 4) is 0 Å². The lowest BCUT2D eigenvalue weighted by atomic mass is 9.99. The van der Waals surface area contributed by atoms with Crippen LogP contribution in [0.2, 0.25) is 0 Å². The Morgan fingerprint density at radius 2 is 2.19 bits per heavy atom. The second kappa shape index (κ2) is 6.24. The highest BCUT2D eigenvalue weighted by atomic mass is 32.1. The molecule has 1 aromatic heterocycles. The number of urea groups is 1. The Bertz CT molecular complexity index is 627. The van der Waals surface area contributed by atoms with E-state index in [1.165, 1.54) is 17.4 Å². The number of thiophene rings is 1. The summed E-state index contributed by atoms with van der Waals surface area (Å²) >= 11 is 1.48. The zero-order valence-corrected chi connectivity index (χ0v) is 12.6. The van der Waals surface area contributed by atoms with Crippen molar-refractivity contribution in [1.82, 2.24) is 5.32 Å². The van der Waals surface area contributed by atoms with Gasteiger partial charge in [0.2, 0.25) is 0 Å². The summed E-state index contributed by atoms with van der Waals surface area (Å²) in [5, 5.41) is 19.1. The van der Waals surface area contributed by atoms with Gasteiger partial charge in [-0.05, 0) is 53.9 Å². The zero-order valence-electron chi connectivity index (χ0n) is 11.8. The summed E-state index contributed by atoms with van der Waals surface area (Å²) in [7, 11) is 0. The number of hydrogen-bond acceptors (Lipinski definition) is 3. The topological polar surface area (TPSA) is 61.4 Å². The van der Waals surface area contributed by atoms with Crippen LogP contribution in [0.4, 0.5) is 14.9 Å². The van der Waals surface area contributed by atoms with E-state index in [9.17, 15) is 14.3 Å². The average molecular weight is 308 g/mol. The highest BCUT2D eigenvalue weighted by Gasteiger charge is 2.24. The van der Waals surface area contributed by atoms with Gasteiger partial charge in [-0.25, -0.2) is 9.18 Å². The van der Waals surface area contributed by atoms with Crippen molar-refractivity contribution in [3.05, 3.63) is 52.0 Å². The number of halogens is 1. The fourth-order valence-corrected chi connectivity index (χ4v) is 2.55. The molecule has 1 aromatic carbocycles. The molecule has 1 unspecified atom stereocenters. The first kappa shape index (κ1) is 15.5. The molecule has 0 spiro atoms. The van der Waals surface area contributed by atoms with Gasteiger partial charge in [0.1, 0.15) is 11.4 Å². The van der Waals surface area contributed by atoms with E-state index in [0.717, 1.165) is 5.56 Å². The molecule has 112 valence electrons. The molecule has 2 rings (SSSR count). The molecule has 0 saturated carbocycles. The Hall–Kier alpha value is -1.92. The Morgan fingerprint density at radius 1 is 1.43 bits per heavy atom. The van der Waals surface area contributed by atoms with Crippen molar-refractivity contribution < 1.29 is 14.3 Å². The van der Waals surface area contributed by atoms with Gasteiger partial charge in [0, 0.05) is 5.69 Å². The highest BCUT2D eigenvalue weighted by Crippen LogP contribution is 2.22. The first-order valence-corrected chi connectivity index (χ1v) is 7.39. The number of anilines is 1. The fraction of sp³-hybridized carbons (Fsp3) is 0.267. The van der Waals surface area contributed by atoms with Gasteiger partial charge in [0.25, 0.3) is 0 Å². The van der Waals surface area contributed by atoms with Gasteiger partial charge in [0.05, 0.1) is 6.54 Å². The summed E-state index contributed by atoms with van der Waals surface area (Å²) in [4.78, 5) is 11.8. The van der Waals surface area contributed by atoms with Gasteiger partial charge in [0.15, 0.2) is 0 Å².